The van der Waals surface area contributed by atoms with E-state index in [1.165, 1.54) is 5.56 Å². The summed E-state index contributed by atoms with van der Waals surface area (Å²) in [5.41, 5.74) is 3.81. The van der Waals surface area contributed by atoms with Crippen LogP contribution in [-0.4, -0.2) is 29.2 Å². The van der Waals surface area contributed by atoms with E-state index < -0.39 is 0 Å². The third-order valence-electron chi connectivity index (χ3n) is 5.10. The average molecular weight is 392 g/mol. The molecule has 2 aromatic rings. The predicted octanol–water partition coefficient (Wildman–Crippen LogP) is 4.21. The second-order valence-electron chi connectivity index (χ2n) is 7.85. The van der Waals surface area contributed by atoms with E-state index in [1.54, 1.807) is 12.4 Å². The number of aromatic nitrogens is 2. The fourth-order valence-corrected chi connectivity index (χ4v) is 3.31. The van der Waals surface area contributed by atoms with Gasteiger partial charge in [-0.05, 0) is 62.1 Å². The van der Waals surface area contributed by atoms with E-state index in [9.17, 15) is 4.79 Å². The highest BCUT2D eigenvalue weighted by Gasteiger charge is 2.28. The van der Waals surface area contributed by atoms with Crippen LogP contribution < -0.4 is 4.74 Å². The molecule has 152 valence electrons. The Kier molecular flexibility index (Phi) is 6.87. The van der Waals surface area contributed by atoms with Gasteiger partial charge in [-0.15, -0.1) is 0 Å². The summed E-state index contributed by atoms with van der Waals surface area (Å²) in [4.78, 5) is 20.2. The van der Waals surface area contributed by atoms with Gasteiger partial charge in [0.15, 0.2) is 0 Å². The fourth-order valence-electron chi connectivity index (χ4n) is 3.31. The number of carbonyl (C=O) groups excluding carboxylic acids is 1. The van der Waals surface area contributed by atoms with Crippen LogP contribution in [0.2, 0.25) is 0 Å². The molecule has 0 saturated heterocycles. The molecule has 1 aliphatic heterocycles. The first kappa shape index (κ1) is 20.9. The standard InChI is InChI=1S/C24H28N2O3/c1-4-28-23(27)8-6-5-7-19-16-26-20(17-25-19)11-9-18-10-12-22-21(15-18)24(2,3)13-14-29-22/h10,12,15-17H,4-8,13-14H2,1-3H3. The van der Waals surface area contributed by atoms with E-state index in [1.807, 2.05) is 19.1 Å². The minimum absolute atomic E-state index is 0.0972. The van der Waals surface area contributed by atoms with Crippen LogP contribution in [0.3, 0.4) is 0 Å². The highest BCUT2D eigenvalue weighted by Crippen LogP contribution is 2.38. The van der Waals surface area contributed by atoms with Gasteiger partial charge in [0.1, 0.15) is 11.4 Å². The van der Waals surface area contributed by atoms with Crippen LogP contribution in [0.5, 0.6) is 5.75 Å². The number of esters is 1. The molecule has 3 rings (SSSR count). The predicted molar refractivity (Wildman–Crippen MR) is 112 cm³/mol. The van der Waals surface area contributed by atoms with Crippen LogP contribution in [0.4, 0.5) is 0 Å². The molecule has 29 heavy (non-hydrogen) atoms. The van der Waals surface area contributed by atoms with Crippen molar-refractivity contribution in [3.63, 3.8) is 0 Å². The number of benzene rings is 1. The van der Waals surface area contributed by atoms with Crippen molar-refractivity contribution in [2.75, 3.05) is 13.2 Å². The Morgan fingerprint density at radius 3 is 2.83 bits per heavy atom. The lowest BCUT2D eigenvalue weighted by molar-refractivity contribution is -0.143. The van der Waals surface area contributed by atoms with E-state index in [0.717, 1.165) is 49.3 Å². The molecule has 0 radical (unpaired) electrons. The summed E-state index contributed by atoms with van der Waals surface area (Å²) in [6.07, 6.45) is 7.39. The number of hydrogen-bond acceptors (Lipinski definition) is 5. The Morgan fingerprint density at radius 2 is 2.07 bits per heavy atom. The molecule has 5 heteroatoms. The molecule has 5 nitrogen and oxygen atoms in total. The summed E-state index contributed by atoms with van der Waals surface area (Å²) < 4.78 is 10.7. The zero-order valence-electron chi connectivity index (χ0n) is 17.5. The fraction of sp³-hybridized carbons (Fsp3) is 0.458. The lowest BCUT2D eigenvalue weighted by atomic mass is 9.79. The lowest BCUT2D eigenvalue weighted by Gasteiger charge is -2.32. The Morgan fingerprint density at radius 1 is 1.21 bits per heavy atom. The molecule has 2 heterocycles. The normalized spacial score (nSPS) is 14.2. The molecule has 1 aliphatic rings. The Bertz CT molecular complexity index is 908. The van der Waals surface area contributed by atoms with Gasteiger partial charge in [0.2, 0.25) is 0 Å². The molecule has 0 spiro atoms. The van der Waals surface area contributed by atoms with Crippen LogP contribution in [0.25, 0.3) is 0 Å². The molecular weight excluding hydrogens is 364 g/mol. The highest BCUT2D eigenvalue weighted by atomic mass is 16.5. The van der Waals surface area contributed by atoms with Crippen molar-refractivity contribution in [2.24, 2.45) is 0 Å². The second kappa shape index (κ2) is 9.56. The van der Waals surface area contributed by atoms with Crippen LogP contribution in [0.15, 0.2) is 30.6 Å². The molecule has 0 saturated carbocycles. The van der Waals surface area contributed by atoms with Crippen molar-refractivity contribution in [1.82, 2.24) is 9.97 Å². The lowest BCUT2D eigenvalue weighted by Crippen LogP contribution is -2.26. The smallest absolute Gasteiger partial charge is 0.305 e. The van der Waals surface area contributed by atoms with E-state index in [4.69, 9.17) is 9.47 Å². The topological polar surface area (TPSA) is 61.3 Å². The van der Waals surface area contributed by atoms with Crippen LogP contribution in [-0.2, 0) is 21.4 Å². The molecule has 0 unspecified atom stereocenters. The van der Waals surface area contributed by atoms with Gasteiger partial charge in [-0.3, -0.25) is 9.78 Å². The van der Waals surface area contributed by atoms with Crippen molar-refractivity contribution in [2.45, 2.75) is 58.3 Å². The summed E-state index contributed by atoms with van der Waals surface area (Å²) in [5.74, 6) is 7.10. The van der Waals surface area contributed by atoms with Crippen molar-refractivity contribution in [1.29, 1.82) is 0 Å². The van der Waals surface area contributed by atoms with Gasteiger partial charge in [0.05, 0.1) is 25.1 Å². The number of aryl methyl sites for hydroxylation is 1. The van der Waals surface area contributed by atoms with E-state index in [0.29, 0.717) is 18.7 Å². The third kappa shape index (κ3) is 5.80. The van der Waals surface area contributed by atoms with E-state index in [-0.39, 0.29) is 11.4 Å². The first-order chi connectivity index (χ1) is 14.0. The van der Waals surface area contributed by atoms with E-state index in [2.05, 4.69) is 41.7 Å². The van der Waals surface area contributed by atoms with E-state index >= 15 is 0 Å². The van der Waals surface area contributed by atoms with Crippen molar-refractivity contribution in [3.05, 3.63) is 53.1 Å². The summed E-state index contributed by atoms with van der Waals surface area (Å²) in [6.45, 7) is 7.49. The summed E-state index contributed by atoms with van der Waals surface area (Å²) in [5, 5.41) is 0. The largest absolute Gasteiger partial charge is 0.493 e. The first-order valence-electron chi connectivity index (χ1n) is 10.2. The maximum absolute atomic E-state index is 11.3. The minimum Gasteiger partial charge on any atom is -0.493 e. The second-order valence-corrected chi connectivity index (χ2v) is 7.85. The van der Waals surface area contributed by atoms with Crippen molar-refractivity contribution >= 4 is 5.97 Å². The molecule has 0 N–H and O–H groups in total. The first-order valence-corrected chi connectivity index (χ1v) is 10.2. The number of unbranched alkanes of at least 4 members (excludes halogenated alkanes) is 1. The Labute approximate surface area is 172 Å². The number of nitrogens with zero attached hydrogens (tertiary/aromatic N) is 2. The summed E-state index contributed by atoms with van der Waals surface area (Å²) >= 11 is 0. The average Bonchev–Trinajstić information content (AvgIpc) is 2.71. The van der Waals surface area contributed by atoms with Gasteiger partial charge in [-0.25, -0.2) is 4.98 Å². The number of ether oxygens (including phenoxy) is 2. The Balaban J connectivity index is 1.57. The van der Waals surface area contributed by atoms with Gasteiger partial charge in [-0.2, -0.15) is 0 Å². The monoisotopic (exact) mass is 392 g/mol. The maximum atomic E-state index is 11.3. The number of fused-ring (bicyclic) bond motifs is 1. The molecule has 0 amide bonds. The van der Waals surface area contributed by atoms with Crippen LogP contribution >= 0.6 is 0 Å². The molecule has 0 fully saturated rings. The van der Waals surface area contributed by atoms with Gasteiger partial charge in [0.25, 0.3) is 0 Å². The minimum atomic E-state index is -0.138. The number of carbonyl (C=O) groups is 1. The molecule has 0 aliphatic carbocycles. The Hall–Kier alpha value is -2.87. The molecule has 1 aromatic carbocycles. The zero-order chi connectivity index (χ0) is 20.7. The summed E-state index contributed by atoms with van der Waals surface area (Å²) in [7, 11) is 0. The van der Waals surface area contributed by atoms with Crippen molar-refractivity contribution in [3.8, 4) is 17.6 Å². The van der Waals surface area contributed by atoms with Crippen molar-refractivity contribution < 1.29 is 14.3 Å². The number of hydrogen-bond donors (Lipinski definition) is 0. The zero-order valence-corrected chi connectivity index (χ0v) is 17.5. The maximum Gasteiger partial charge on any atom is 0.305 e. The number of rotatable bonds is 6. The van der Waals surface area contributed by atoms with Crippen LogP contribution in [0.1, 0.15) is 69.0 Å². The van der Waals surface area contributed by atoms with Gasteiger partial charge < -0.3 is 9.47 Å². The highest BCUT2D eigenvalue weighted by molar-refractivity contribution is 5.69. The van der Waals surface area contributed by atoms with Gasteiger partial charge >= 0.3 is 5.97 Å². The molecule has 0 bridgehead atoms. The quantitative estimate of drug-likeness (QED) is 0.419. The third-order valence-corrected chi connectivity index (χ3v) is 5.10. The SMILES string of the molecule is CCOC(=O)CCCCc1cnc(C#Cc2ccc3c(c2)C(C)(C)CCO3)cn1. The van der Waals surface area contributed by atoms with Gasteiger partial charge in [0, 0.05) is 23.7 Å². The molecule has 0 atom stereocenters. The molecule has 1 aromatic heterocycles. The van der Waals surface area contributed by atoms with Gasteiger partial charge in [-0.1, -0.05) is 19.8 Å². The molecular formula is C24H28N2O3. The summed E-state index contributed by atoms with van der Waals surface area (Å²) in [6, 6.07) is 6.11. The van der Waals surface area contributed by atoms with Crippen LogP contribution in [0, 0.1) is 11.8 Å².